The standard InChI is InChI=1S/C17H18ClFN4O3/c18-13-7-11(19)3-4-12(13)17(5-1-2-6-17)10-20-15(24)9-23-8-14(16(25)26)21-22-23/h3-4,7-8H,1-2,5-6,9-10H2,(H,20,24)(H,25,26). The second kappa shape index (κ2) is 7.41. The largest absolute Gasteiger partial charge is 0.476 e. The van der Waals surface area contributed by atoms with Gasteiger partial charge in [0.1, 0.15) is 12.4 Å². The Labute approximate surface area is 154 Å². The van der Waals surface area contributed by atoms with Gasteiger partial charge in [-0.1, -0.05) is 35.7 Å². The van der Waals surface area contributed by atoms with E-state index in [9.17, 15) is 14.0 Å². The summed E-state index contributed by atoms with van der Waals surface area (Å²) in [5, 5.41) is 19.1. The fourth-order valence-corrected chi connectivity index (χ4v) is 3.82. The molecule has 1 saturated carbocycles. The summed E-state index contributed by atoms with van der Waals surface area (Å²) in [4.78, 5) is 23.0. The number of halogens is 2. The van der Waals surface area contributed by atoms with Crippen molar-refractivity contribution < 1.29 is 19.1 Å². The summed E-state index contributed by atoms with van der Waals surface area (Å²) >= 11 is 6.25. The zero-order chi connectivity index (χ0) is 18.7. The van der Waals surface area contributed by atoms with Crippen molar-refractivity contribution in [2.75, 3.05) is 6.54 Å². The smallest absolute Gasteiger partial charge is 0.358 e. The molecule has 0 bridgehead atoms. The highest BCUT2D eigenvalue weighted by molar-refractivity contribution is 6.31. The number of nitrogens with zero attached hydrogens (tertiary/aromatic N) is 3. The lowest BCUT2D eigenvalue weighted by molar-refractivity contribution is -0.122. The average molecular weight is 381 g/mol. The maximum atomic E-state index is 13.4. The van der Waals surface area contributed by atoms with Crippen LogP contribution in [0.15, 0.2) is 24.4 Å². The number of aromatic carboxylic acids is 1. The molecule has 1 aliphatic rings. The van der Waals surface area contributed by atoms with Crippen LogP contribution < -0.4 is 5.32 Å². The number of carboxylic acids is 1. The summed E-state index contributed by atoms with van der Waals surface area (Å²) in [6.45, 7) is 0.241. The quantitative estimate of drug-likeness (QED) is 0.802. The van der Waals surface area contributed by atoms with Gasteiger partial charge in [0.2, 0.25) is 5.91 Å². The number of aromatic nitrogens is 3. The van der Waals surface area contributed by atoms with Gasteiger partial charge in [-0.05, 0) is 30.5 Å². The Kier molecular flexibility index (Phi) is 5.22. The van der Waals surface area contributed by atoms with Gasteiger partial charge < -0.3 is 10.4 Å². The van der Waals surface area contributed by atoms with Crippen LogP contribution in [-0.2, 0) is 16.8 Å². The minimum absolute atomic E-state index is 0.131. The van der Waals surface area contributed by atoms with Gasteiger partial charge in [-0.2, -0.15) is 0 Å². The van der Waals surface area contributed by atoms with Crippen LogP contribution in [-0.4, -0.2) is 38.5 Å². The molecule has 0 radical (unpaired) electrons. The lowest BCUT2D eigenvalue weighted by atomic mass is 9.78. The van der Waals surface area contributed by atoms with Gasteiger partial charge >= 0.3 is 5.97 Å². The summed E-state index contributed by atoms with van der Waals surface area (Å²) in [6.07, 6.45) is 4.92. The van der Waals surface area contributed by atoms with Gasteiger partial charge in [0.05, 0.1) is 6.20 Å². The van der Waals surface area contributed by atoms with Crippen molar-refractivity contribution in [2.24, 2.45) is 0 Å². The van der Waals surface area contributed by atoms with E-state index in [1.165, 1.54) is 23.0 Å². The minimum Gasteiger partial charge on any atom is -0.476 e. The first kappa shape index (κ1) is 18.3. The maximum absolute atomic E-state index is 13.4. The molecular weight excluding hydrogens is 363 g/mol. The van der Waals surface area contributed by atoms with Gasteiger partial charge in [-0.25, -0.2) is 13.9 Å². The Balaban J connectivity index is 1.68. The fraction of sp³-hybridized carbons (Fsp3) is 0.412. The summed E-state index contributed by atoms with van der Waals surface area (Å²) in [5.41, 5.74) is 0.296. The molecule has 7 nitrogen and oxygen atoms in total. The lowest BCUT2D eigenvalue weighted by Crippen LogP contribution is -2.40. The molecule has 1 aliphatic carbocycles. The molecule has 1 heterocycles. The van der Waals surface area contributed by atoms with Crippen LogP contribution in [0.2, 0.25) is 5.02 Å². The molecule has 3 rings (SSSR count). The molecule has 0 unspecified atom stereocenters. The number of carbonyl (C=O) groups excluding carboxylic acids is 1. The zero-order valence-corrected chi connectivity index (χ0v) is 14.7. The monoisotopic (exact) mass is 380 g/mol. The van der Waals surface area contributed by atoms with E-state index in [1.807, 2.05) is 0 Å². The van der Waals surface area contributed by atoms with Crippen molar-refractivity contribution in [1.82, 2.24) is 20.3 Å². The minimum atomic E-state index is -1.20. The molecule has 1 amide bonds. The third-order valence-corrected chi connectivity index (χ3v) is 5.06. The Bertz CT molecular complexity index is 833. The molecule has 138 valence electrons. The highest BCUT2D eigenvalue weighted by Gasteiger charge is 2.37. The van der Waals surface area contributed by atoms with Crippen molar-refractivity contribution in [3.05, 3.63) is 46.5 Å². The normalized spacial score (nSPS) is 15.8. The summed E-state index contributed by atoms with van der Waals surface area (Å²) < 4.78 is 14.5. The van der Waals surface area contributed by atoms with Crippen molar-refractivity contribution in [1.29, 1.82) is 0 Å². The third kappa shape index (κ3) is 3.85. The Hall–Kier alpha value is -2.48. The zero-order valence-electron chi connectivity index (χ0n) is 13.9. The van der Waals surface area contributed by atoms with E-state index in [-0.39, 0.29) is 23.6 Å². The topological polar surface area (TPSA) is 97.1 Å². The van der Waals surface area contributed by atoms with Gasteiger partial charge in [-0.3, -0.25) is 4.79 Å². The van der Waals surface area contributed by atoms with Gasteiger partial charge in [0.15, 0.2) is 5.69 Å². The number of benzene rings is 1. The highest BCUT2D eigenvalue weighted by atomic mass is 35.5. The van der Waals surface area contributed by atoms with E-state index in [1.54, 1.807) is 6.07 Å². The van der Waals surface area contributed by atoms with E-state index < -0.39 is 11.8 Å². The SMILES string of the molecule is O=C(Cn1cc(C(=O)O)nn1)NCC1(c2ccc(F)cc2Cl)CCCC1. The van der Waals surface area contributed by atoms with Crippen LogP contribution in [0.5, 0.6) is 0 Å². The summed E-state index contributed by atoms with van der Waals surface area (Å²) in [6, 6.07) is 4.36. The first-order valence-electron chi connectivity index (χ1n) is 8.25. The Morgan fingerprint density at radius 2 is 2.08 bits per heavy atom. The third-order valence-electron chi connectivity index (χ3n) is 4.75. The lowest BCUT2D eigenvalue weighted by Gasteiger charge is -2.31. The molecule has 1 aromatic carbocycles. The molecule has 1 fully saturated rings. The number of nitrogens with one attached hydrogen (secondary N) is 1. The van der Waals surface area contributed by atoms with Crippen molar-refractivity contribution >= 4 is 23.5 Å². The molecule has 0 saturated heterocycles. The van der Waals surface area contributed by atoms with E-state index in [2.05, 4.69) is 15.6 Å². The second-order valence-electron chi connectivity index (χ2n) is 6.49. The van der Waals surface area contributed by atoms with E-state index in [0.717, 1.165) is 31.2 Å². The van der Waals surface area contributed by atoms with E-state index in [0.29, 0.717) is 11.6 Å². The van der Waals surface area contributed by atoms with Crippen LogP contribution in [0.25, 0.3) is 0 Å². The number of hydrogen-bond acceptors (Lipinski definition) is 4. The van der Waals surface area contributed by atoms with E-state index >= 15 is 0 Å². The van der Waals surface area contributed by atoms with Gasteiger partial charge in [0.25, 0.3) is 0 Å². The average Bonchev–Trinajstić information content (AvgIpc) is 3.23. The van der Waals surface area contributed by atoms with Gasteiger partial charge in [0, 0.05) is 17.0 Å². The first-order valence-corrected chi connectivity index (χ1v) is 8.63. The van der Waals surface area contributed by atoms with Crippen LogP contribution in [0.3, 0.4) is 0 Å². The highest BCUT2D eigenvalue weighted by Crippen LogP contribution is 2.43. The van der Waals surface area contributed by atoms with Crippen LogP contribution in [0.4, 0.5) is 4.39 Å². The molecule has 9 heteroatoms. The molecule has 0 spiro atoms. The Morgan fingerprint density at radius 1 is 1.35 bits per heavy atom. The predicted molar refractivity (Wildman–Crippen MR) is 91.5 cm³/mol. The van der Waals surface area contributed by atoms with Crippen molar-refractivity contribution in [3.8, 4) is 0 Å². The second-order valence-corrected chi connectivity index (χ2v) is 6.90. The number of carboxylic acid groups (broad SMARTS) is 1. The maximum Gasteiger partial charge on any atom is 0.358 e. The van der Waals surface area contributed by atoms with Crippen molar-refractivity contribution in [2.45, 2.75) is 37.6 Å². The molecule has 1 aromatic heterocycles. The van der Waals surface area contributed by atoms with Gasteiger partial charge in [-0.15, -0.1) is 5.10 Å². The number of hydrogen-bond donors (Lipinski definition) is 2. The fourth-order valence-electron chi connectivity index (χ4n) is 3.46. The number of amides is 1. The van der Waals surface area contributed by atoms with Crippen LogP contribution in [0, 0.1) is 5.82 Å². The summed E-state index contributed by atoms with van der Waals surface area (Å²) in [5.74, 6) is -1.90. The molecule has 2 N–H and O–H groups in total. The summed E-state index contributed by atoms with van der Waals surface area (Å²) in [7, 11) is 0. The number of carbonyl (C=O) groups is 2. The molecule has 26 heavy (non-hydrogen) atoms. The molecule has 2 aromatic rings. The molecule has 0 aliphatic heterocycles. The first-order chi connectivity index (χ1) is 12.4. The predicted octanol–water partition coefficient (Wildman–Crippen LogP) is 2.40. The van der Waals surface area contributed by atoms with E-state index in [4.69, 9.17) is 16.7 Å². The number of rotatable bonds is 6. The van der Waals surface area contributed by atoms with Crippen LogP contribution >= 0.6 is 11.6 Å². The van der Waals surface area contributed by atoms with Crippen molar-refractivity contribution in [3.63, 3.8) is 0 Å². The molecular formula is C17H18ClFN4O3. The molecule has 0 atom stereocenters. The van der Waals surface area contributed by atoms with Crippen LogP contribution in [0.1, 0.15) is 41.7 Å². The Morgan fingerprint density at radius 3 is 2.69 bits per heavy atom.